The first-order chi connectivity index (χ1) is 7.61. The Morgan fingerprint density at radius 2 is 2.19 bits per heavy atom. The van der Waals surface area contributed by atoms with E-state index in [9.17, 15) is 4.39 Å². The van der Waals surface area contributed by atoms with Crippen molar-refractivity contribution in [1.29, 1.82) is 0 Å². The predicted molar refractivity (Wildman–Crippen MR) is 64.0 cm³/mol. The maximum absolute atomic E-state index is 13.7. The van der Waals surface area contributed by atoms with Crippen LogP contribution in [0, 0.1) is 5.82 Å². The van der Waals surface area contributed by atoms with Crippen LogP contribution in [0.3, 0.4) is 0 Å². The Morgan fingerprint density at radius 1 is 1.50 bits per heavy atom. The molecule has 0 saturated carbocycles. The van der Waals surface area contributed by atoms with E-state index in [0.29, 0.717) is 18.7 Å². The molecule has 0 saturated heterocycles. The number of anilines is 1. The van der Waals surface area contributed by atoms with Crippen LogP contribution in [0.15, 0.2) is 18.2 Å². The van der Waals surface area contributed by atoms with Crippen molar-refractivity contribution in [3.05, 3.63) is 29.6 Å². The maximum atomic E-state index is 13.7. The average molecular weight is 226 g/mol. The fourth-order valence-electron chi connectivity index (χ4n) is 1.82. The van der Waals surface area contributed by atoms with Crippen LogP contribution in [0.5, 0.6) is 0 Å². The summed E-state index contributed by atoms with van der Waals surface area (Å²) in [5.74, 6) is -0.288. The van der Waals surface area contributed by atoms with Crippen LogP contribution < -0.4 is 10.6 Å². The number of benzene rings is 1. The molecule has 4 heteroatoms. The molecule has 0 heterocycles. The highest BCUT2D eigenvalue weighted by Gasteiger charge is 2.16. The number of aliphatic hydroxyl groups is 1. The predicted octanol–water partition coefficient (Wildman–Crippen LogP) is 1.66. The van der Waals surface area contributed by atoms with Gasteiger partial charge in [0.25, 0.3) is 0 Å². The lowest BCUT2D eigenvalue weighted by Crippen LogP contribution is -2.28. The van der Waals surface area contributed by atoms with E-state index >= 15 is 0 Å². The summed E-state index contributed by atoms with van der Waals surface area (Å²) in [5, 5.41) is 8.96. The van der Waals surface area contributed by atoms with E-state index < -0.39 is 0 Å². The fraction of sp³-hybridized carbons (Fsp3) is 0.500. The van der Waals surface area contributed by atoms with Gasteiger partial charge in [-0.25, -0.2) is 4.39 Å². The lowest BCUT2D eigenvalue weighted by atomic mass is 10.0. The van der Waals surface area contributed by atoms with Crippen LogP contribution >= 0.6 is 0 Å². The number of hydrogen-bond donors (Lipinski definition) is 2. The monoisotopic (exact) mass is 226 g/mol. The van der Waals surface area contributed by atoms with E-state index in [4.69, 9.17) is 10.8 Å². The smallest absolute Gasteiger partial charge is 0.130 e. The topological polar surface area (TPSA) is 49.5 Å². The Labute approximate surface area is 95.7 Å². The maximum Gasteiger partial charge on any atom is 0.130 e. The zero-order valence-corrected chi connectivity index (χ0v) is 9.78. The van der Waals surface area contributed by atoms with Crippen molar-refractivity contribution in [1.82, 2.24) is 0 Å². The van der Waals surface area contributed by atoms with Gasteiger partial charge in [-0.15, -0.1) is 0 Å². The molecule has 1 rings (SSSR count). The van der Waals surface area contributed by atoms with Crippen molar-refractivity contribution in [2.75, 3.05) is 24.6 Å². The van der Waals surface area contributed by atoms with Crippen LogP contribution in [0.2, 0.25) is 0 Å². The average Bonchev–Trinajstić information content (AvgIpc) is 2.25. The first-order valence-corrected chi connectivity index (χ1v) is 5.51. The zero-order chi connectivity index (χ0) is 12.1. The number of nitrogens with zero attached hydrogens (tertiary/aromatic N) is 1. The molecule has 90 valence electrons. The van der Waals surface area contributed by atoms with Crippen molar-refractivity contribution in [2.45, 2.75) is 19.9 Å². The number of rotatable bonds is 5. The highest BCUT2D eigenvalue weighted by molar-refractivity contribution is 5.55. The minimum Gasteiger partial charge on any atom is -0.395 e. The van der Waals surface area contributed by atoms with Gasteiger partial charge >= 0.3 is 0 Å². The lowest BCUT2D eigenvalue weighted by molar-refractivity contribution is 0.302. The van der Waals surface area contributed by atoms with Gasteiger partial charge in [-0.1, -0.05) is 6.07 Å². The summed E-state index contributed by atoms with van der Waals surface area (Å²) in [5.41, 5.74) is 7.06. The second-order valence-electron chi connectivity index (χ2n) is 3.76. The summed E-state index contributed by atoms with van der Waals surface area (Å²) in [6.45, 7) is 4.96. The quantitative estimate of drug-likeness (QED) is 0.803. The third kappa shape index (κ3) is 2.71. The highest BCUT2D eigenvalue weighted by atomic mass is 19.1. The van der Waals surface area contributed by atoms with Crippen LogP contribution in [-0.2, 0) is 0 Å². The fourth-order valence-corrected chi connectivity index (χ4v) is 1.82. The van der Waals surface area contributed by atoms with Gasteiger partial charge in [0.15, 0.2) is 0 Å². The molecule has 1 aromatic rings. The molecule has 0 aromatic heterocycles. The highest BCUT2D eigenvalue weighted by Crippen LogP contribution is 2.27. The number of hydrogen-bond acceptors (Lipinski definition) is 3. The first kappa shape index (κ1) is 12.9. The van der Waals surface area contributed by atoms with Gasteiger partial charge in [-0.2, -0.15) is 0 Å². The van der Waals surface area contributed by atoms with Crippen molar-refractivity contribution in [3.63, 3.8) is 0 Å². The van der Waals surface area contributed by atoms with E-state index in [-0.39, 0.29) is 18.5 Å². The molecule has 16 heavy (non-hydrogen) atoms. The number of halogens is 1. The third-order valence-electron chi connectivity index (χ3n) is 2.58. The summed E-state index contributed by atoms with van der Waals surface area (Å²) in [6, 6.07) is 4.55. The van der Waals surface area contributed by atoms with Crippen LogP contribution in [0.1, 0.15) is 25.5 Å². The van der Waals surface area contributed by atoms with E-state index in [0.717, 1.165) is 5.69 Å². The van der Waals surface area contributed by atoms with Gasteiger partial charge < -0.3 is 15.7 Å². The Kier molecular flexibility index (Phi) is 4.71. The van der Waals surface area contributed by atoms with Gasteiger partial charge in [0.2, 0.25) is 0 Å². The first-order valence-electron chi connectivity index (χ1n) is 5.51. The summed E-state index contributed by atoms with van der Waals surface area (Å²) in [6.07, 6.45) is 0. The normalized spacial score (nSPS) is 12.6. The molecule has 0 aliphatic carbocycles. The molecule has 0 aliphatic heterocycles. The molecular formula is C12H19FN2O. The molecule has 1 atom stereocenters. The standard InChI is InChI=1S/C12H19FN2O/c1-3-15(7-8-16)11-6-4-5-10(13)12(11)9(2)14/h4-6,9,16H,3,7-8,14H2,1-2H3/t9-/m0/s1. The molecule has 0 amide bonds. The zero-order valence-electron chi connectivity index (χ0n) is 9.78. The Balaban J connectivity index is 3.15. The Hall–Kier alpha value is -1.13. The molecule has 0 bridgehead atoms. The van der Waals surface area contributed by atoms with Gasteiger partial charge in [-0.05, 0) is 26.0 Å². The van der Waals surface area contributed by atoms with E-state index in [2.05, 4.69) is 0 Å². The largest absolute Gasteiger partial charge is 0.395 e. The van der Waals surface area contributed by atoms with Crippen LogP contribution in [0.25, 0.3) is 0 Å². The lowest BCUT2D eigenvalue weighted by Gasteiger charge is -2.26. The molecule has 3 nitrogen and oxygen atoms in total. The second kappa shape index (κ2) is 5.82. The van der Waals surface area contributed by atoms with Gasteiger partial charge in [0.1, 0.15) is 5.82 Å². The second-order valence-corrected chi connectivity index (χ2v) is 3.76. The van der Waals surface area contributed by atoms with Crippen molar-refractivity contribution >= 4 is 5.69 Å². The summed E-state index contributed by atoms with van der Waals surface area (Å²) in [4.78, 5) is 1.92. The summed E-state index contributed by atoms with van der Waals surface area (Å²) >= 11 is 0. The van der Waals surface area contributed by atoms with E-state index in [1.807, 2.05) is 17.9 Å². The van der Waals surface area contributed by atoms with E-state index in [1.54, 1.807) is 13.0 Å². The molecule has 3 N–H and O–H groups in total. The van der Waals surface area contributed by atoms with E-state index in [1.165, 1.54) is 6.07 Å². The van der Waals surface area contributed by atoms with Gasteiger partial charge in [0, 0.05) is 30.4 Å². The number of likely N-dealkylation sites (N-methyl/N-ethyl adjacent to an activating group) is 1. The van der Waals surface area contributed by atoms with Gasteiger partial charge in [-0.3, -0.25) is 0 Å². The summed E-state index contributed by atoms with van der Waals surface area (Å²) < 4.78 is 13.7. The molecule has 0 fully saturated rings. The van der Waals surface area contributed by atoms with Gasteiger partial charge in [0.05, 0.1) is 6.61 Å². The SMILES string of the molecule is CCN(CCO)c1cccc(F)c1[C@H](C)N. The molecule has 0 spiro atoms. The van der Waals surface area contributed by atoms with Crippen molar-refractivity contribution in [3.8, 4) is 0 Å². The molecule has 0 aliphatic rings. The van der Waals surface area contributed by atoms with Crippen molar-refractivity contribution in [2.24, 2.45) is 5.73 Å². The van der Waals surface area contributed by atoms with Crippen molar-refractivity contribution < 1.29 is 9.50 Å². The Morgan fingerprint density at radius 3 is 2.69 bits per heavy atom. The number of aliphatic hydroxyl groups excluding tert-OH is 1. The summed E-state index contributed by atoms with van der Waals surface area (Å²) in [7, 11) is 0. The van der Waals surface area contributed by atoms with Crippen LogP contribution in [0.4, 0.5) is 10.1 Å². The molecular weight excluding hydrogens is 207 g/mol. The molecule has 1 aromatic carbocycles. The Bertz CT molecular complexity index is 342. The minimum atomic E-state index is -0.357. The third-order valence-corrected chi connectivity index (χ3v) is 2.58. The number of nitrogens with two attached hydrogens (primary N) is 1. The van der Waals surface area contributed by atoms with Crippen LogP contribution in [-0.4, -0.2) is 24.8 Å². The molecule has 0 unspecified atom stereocenters. The minimum absolute atomic E-state index is 0.0444. The molecule has 0 radical (unpaired) electrons.